The number of aromatic nitrogens is 1. The second-order valence-electron chi connectivity index (χ2n) is 5.56. The van der Waals surface area contributed by atoms with Crippen LogP contribution in [0.5, 0.6) is 5.75 Å². The largest absolute Gasteiger partial charge is 0.488 e. The van der Waals surface area contributed by atoms with Crippen molar-refractivity contribution in [1.29, 1.82) is 0 Å². The summed E-state index contributed by atoms with van der Waals surface area (Å²) in [5, 5.41) is 0. The Kier molecular flexibility index (Phi) is 3.86. The maximum atomic E-state index is 12.5. The first-order valence-corrected chi connectivity index (χ1v) is 8.26. The molecule has 0 unspecified atom stereocenters. The minimum Gasteiger partial charge on any atom is -0.357 e. The highest BCUT2D eigenvalue weighted by Gasteiger charge is 2.35. The van der Waals surface area contributed by atoms with Gasteiger partial charge in [0, 0.05) is 19.3 Å². The average Bonchev–Trinajstić information content (AvgIpc) is 2.88. The van der Waals surface area contributed by atoms with Gasteiger partial charge in [-0.15, -0.1) is 0 Å². The SMILES string of the molecule is O=C(c1cncc(OS(=O)(=O)F)c1)N1C[C@H]2CC=CC[C@H]2C1. The van der Waals surface area contributed by atoms with Crippen LogP contribution in [0.15, 0.2) is 30.6 Å². The molecule has 3 rings (SSSR count). The topological polar surface area (TPSA) is 76.6 Å². The lowest BCUT2D eigenvalue weighted by Gasteiger charge is -2.17. The smallest absolute Gasteiger partial charge is 0.357 e. The number of fused-ring (bicyclic) bond motifs is 1. The minimum absolute atomic E-state index is 0.188. The first kappa shape index (κ1) is 15.0. The number of nitrogens with zero attached hydrogens (tertiary/aromatic N) is 2. The first-order valence-electron chi connectivity index (χ1n) is 6.96. The van der Waals surface area contributed by atoms with Crippen LogP contribution in [-0.4, -0.2) is 37.3 Å². The van der Waals surface area contributed by atoms with Gasteiger partial charge < -0.3 is 9.08 Å². The van der Waals surface area contributed by atoms with E-state index in [9.17, 15) is 17.1 Å². The fourth-order valence-electron chi connectivity index (χ4n) is 3.06. The van der Waals surface area contributed by atoms with E-state index in [1.165, 1.54) is 12.3 Å². The lowest BCUT2D eigenvalue weighted by molar-refractivity contribution is 0.0783. The van der Waals surface area contributed by atoms with Crippen LogP contribution in [0.4, 0.5) is 3.89 Å². The van der Waals surface area contributed by atoms with E-state index < -0.39 is 10.5 Å². The van der Waals surface area contributed by atoms with Crippen LogP contribution in [0.25, 0.3) is 0 Å². The Balaban J connectivity index is 1.74. The van der Waals surface area contributed by atoms with Crippen LogP contribution >= 0.6 is 0 Å². The zero-order chi connectivity index (χ0) is 15.7. The summed E-state index contributed by atoms with van der Waals surface area (Å²) in [5.41, 5.74) is 0.188. The molecule has 1 aromatic heterocycles. The molecule has 0 bridgehead atoms. The number of allylic oxidation sites excluding steroid dienone is 2. The molecule has 0 N–H and O–H groups in total. The van der Waals surface area contributed by atoms with Gasteiger partial charge in [-0.3, -0.25) is 9.78 Å². The van der Waals surface area contributed by atoms with Gasteiger partial charge in [0.2, 0.25) is 0 Å². The van der Waals surface area contributed by atoms with Crippen molar-refractivity contribution in [1.82, 2.24) is 9.88 Å². The molecule has 8 heteroatoms. The molecular weight excluding hydrogens is 311 g/mol. The quantitative estimate of drug-likeness (QED) is 0.624. The molecule has 118 valence electrons. The van der Waals surface area contributed by atoms with Gasteiger partial charge in [-0.05, 0) is 30.7 Å². The van der Waals surface area contributed by atoms with E-state index in [-0.39, 0.29) is 17.2 Å². The molecule has 1 amide bonds. The molecule has 1 fully saturated rings. The molecule has 0 aromatic carbocycles. The van der Waals surface area contributed by atoms with Crippen LogP contribution in [0.1, 0.15) is 23.2 Å². The predicted octanol–water partition coefficient (Wildman–Crippen LogP) is 1.71. The molecule has 22 heavy (non-hydrogen) atoms. The van der Waals surface area contributed by atoms with E-state index in [1.807, 2.05) is 0 Å². The van der Waals surface area contributed by atoms with Crippen molar-refractivity contribution in [3.8, 4) is 5.75 Å². The second-order valence-corrected chi connectivity index (χ2v) is 6.51. The summed E-state index contributed by atoms with van der Waals surface area (Å²) in [6.07, 6.45) is 8.57. The highest BCUT2D eigenvalue weighted by molar-refractivity contribution is 7.81. The standard InChI is InChI=1S/C14H15FN2O4S/c15-22(19,20)21-13-5-12(6-16-7-13)14(18)17-8-10-3-1-2-4-11(10)9-17/h1-2,5-7,10-11H,3-4,8-9H2/t10-,11+. The van der Waals surface area contributed by atoms with Crippen molar-refractivity contribution in [2.24, 2.45) is 11.8 Å². The Bertz CT molecular complexity index is 703. The van der Waals surface area contributed by atoms with E-state index in [0.29, 0.717) is 24.9 Å². The van der Waals surface area contributed by atoms with Gasteiger partial charge in [-0.1, -0.05) is 16.0 Å². The average molecular weight is 326 g/mol. The van der Waals surface area contributed by atoms with E-state index >= 15 is 0 Å². The molecule has 0 spiro atoms. The lowest BCUT2D eigenvalue weighted by Crippen LogP contribution is -2.29. The minimum atomic E-state index is -5.13. The van der Waals surface area contributed by atoms with Gasteiger partial charge in [0.1, 0.15) is 0 Å². The van der Waals surface area contributed by atoms with Crippen LogP contribution in [0, 0.1) is 11.8 Å². The molecule has 1 aromatic rings. The first-order chi connectivity index (χ1) is 10.4. The number of carbonyl (C=O) groups excluding carboxylic acids is 1. The van der Waals surface area contributed by atoms with Crippen molar-refractivity contribution < 1.29 is 21.3 Å². The third kappa shape index (κ3) is 3.27. The number of halogens is 1. The Morgan fingerprint density at radius 1 is 1.23 bits per heavy atom. The van der Waals surface area contributed by atoms with Crippen LogP contribution < -0.4 is 4.18 Å². The van der Waals surface area contributed by atoms with E-state index in [0.717, 1.165) is 19.0 Å². The predicted molar refractivity (Wildman–Crippen MR) is 76.2 cm³/mol. The van der Waals surface area contributed by atoms with E-state index in [2.05, 4.69) is 21.3 Å². The molecule has 2 aliphatic rings. The van der Waals surface area contributed by atoms with Gasteiger partial charge in [-0.2, -0.15) is 8.42 Å². The van der Waals surface area contributed by atoms with Crippen LogP contribution in [-0.2, 0) is 10.5 Å². The maximum Gasteiger partial charge on any atom is 0.488 e. The number of hydrogen-bond acceptors (Lipinski definition) is 5. The van der Waals surface area contributed by atoms with Gasteiger partial charge in [0.05, 0.1) is 11.8 Å². The molecule has 0 saturated carbocycles. The van der Waals surface area contributed by atoms with Gasteiger partial charge in [-0.25, -0.2) is 0 Å². The van der Waals surface area contributed by atoms with Crippen molar-refractivity contribution >= 4 is 16.4 Å². The number of amides is 1. The molecular formula is C14H15FN2O4S. The molecule has 1 aliphatic carbocycles. The highest BCUT2D eigenvalue weighted by Crippen LogP contribution is 2.33. The molecule has 6 nitrogen and oxygen atoms in total. The summed E-state index contributed by atoms with van der Waals surface area (Å²) in [5.74, 6) is 0.371. The number of hydrogen-bond donors (Lipinski definition) is 0. The number of carbonyl (C=O) groups is 1. The summed E-state index contributed by atoms with van der Waals surface area (Å²) in [6, 6.07) is 1.19. The summed E-state index contributed by atoms with van der Waals surface area (Å²) in [4.78, 5) is 17.9. The highest BCUT2D eigenvalue weighted by atomic mass is 32.3. The van der Waals surface area contributed by atoms with Gasteiger partial charge in [0.15, 0.2) is 5.75 Å². The van der Waals surface area contributed by atoms with Crippen LogP contribution in [0.2, 0.25) is 0 Å². The lowest BCUT2D eigenvalue weighted by atomic mass is 9.86. The molecule has 2 atom stereocenters. The van der Waals surface area contributed by atoms with Gasteiger partial charge in [0.25, 0.3) is 5.91 Å². The maximum absolute atomic E-state index is 12.5. The summed E-state index contributed by atoms with van der Waals surface area (Å²) in [6.45, 7) is 1.33. The Morgan fingerprint density at radius 2 is 1.86 bits per heavy atom. The van der Waals surface area contributed by atoms with Crippen molar-refractivity contribution in [3.63, 3.8) is 0 Å². The Labute approximate surface area is 128 Å². The third-order valence-corrected chi connectivity index (χ3v) is 4.46. The normalized spacial score (nSPS) is 24.1. The van der Waals surface area contributed by atoms with Crippen LogP contribution in [0.3, 0.4) is 0 Å². The number of rotatable bonds is 3. The zero-order valence-corrected chi connectivity index (χ0v) is 12.5. The molecule has 2 heterocycles. The Morgan fingerprint density at radius 3 is 2.45 bits per heavy atom. The summed E-state index contributed by atoms with van der Waals surface area (Å²) >= 11 is 0. The second kappa shape index (κ2) is 5.68. The fraction of sp³-hybridized carbons (Fsp3) is 0.429. The van der Waals surface area contributed by atoms with E-state index in [1.54, 1.807) is 4.90 Å². The number of pyridine rings is 1. The van der Waals surface area contributed by atoms with Crippen molar-refractivity contribution in [2.45, 2.75) is 12.8 Å². The van der Waals surface area contributed by atoms with E-state index in [4.69, 9.17) is 0 Å². The monoisotopic (exact) mass is 326 g/mol. The fourth-order valence-corrected chi connectivity index (χ4v) is 3.38. The molecule has 0 radical (unpaired) electrons. The van der Waals surface area contributed by atoms with Crippen molar-refractivity contribution in [2.75, 3.05) is 13.1 Å². The Hall–Kier alpha value is -1.96. The van der Waals surface area contributed by atoms with Gasteiger partial charge >= 0.3 is 10.5 Å². The molecule has 1 aliphatic heterocycles. The van der Waals surface area contributed by atoms with Crippen molar-refractivity contribution in [3.05, 3.63) is 36.2 Å². The zero-order valence-electron chi connectivity index (χ0n) is 11.7. The third-order valence-electron chi connectivity index (χ3n) is 4.06. The summed E-state index contributed by atoms with van der Waals surface area (Å²) < 4.78 is 37.6. The molecule has 1 saturated heterocycles. The summed E-state index contributed by atoms with van der Waals surface area (Å²) in [7, 11) is -5.13. The number of likely N-dealkylation sites (tertiary alicyclic amines) is 1.